The van der Waals surface area contributed by atoms with E-state index in [2.05, 4.69) is 26.6 Å². The molecule has 2 amide bonds. The van der Waals surface area contributed by atoms with E-state index in [0.717, 1.165) is 6.54 Å². The molecule has 82 valence electrons. The van der Waals surface area contributed by atoms with Crippen molar-refractivity contribution >= 4 is 27.7 Å². The molecule has 0 aliphatic heterocycles. The largest absolute Gasteiger partial charge is 0.353 e. The fraction of sp³-hybridized carbons (Fsp3) is 0.750. The average Bonchev–Trinajstić information content (AvgIpc) is 2.13. The summed E-state index contributed by atoms with van der Waals surface area (Å²) in [5, 5.41) is 5.36. The van der Waals surface area contributed by atoms with E-state index < -0.39 is 0 Å². The van der Waals surface area contributed by atoms with E-state index in [4.69, 9.17) is 0 Å². The molecule has 0 saturated carbocycles. The van der Waals surface area contributed by atoms with Crippen molar-refractivity contribution in [2.24, 2.45) is 0 Å². The molecule has 0 aromatic carbocycles. The van der Waals surface area contributed by atoms with Crippen molar-refractivity contribution in [3.05, 3.63) is 0 Å². The van der Waals surface area contributed by atoms with Crippen molar-refractivity contribution in [3.63, 3.8) is 0 Å². The summed E-state index contributed by atoms with van der Waals surface area (Å²) >= 11 is 2.99. The van der Waals surface area contributed by atoms with Gasteiger partial charge in [0, 0.05) is 13.1 Å². The molecule has 0 radical (unpaired) electrons. The standard InChI is InChI=1S/C8H16BrN3O2/c1-12(2)4-3-10-8(14)6-11-7(13)5-9/h3-6H2,1-2H3,(H,10,14)(H,11,13). The number of likely N-dealkylation sites (N-methyl/N-ethyl adjacent to an activating group) is 1. The lowest BCUT2D eigenvalue weighted by Gasteiger charge is -2.10. The van der Waals surface area contributed by atoms with Crippen LogP contribution < -0.4 is 10.6 Å². The van der Waals surface area contributed by atoms with Crippen LogP contribution in [0.4, 0.5) is 0 Å². The molecule has 0 saturated heterocycles. The molecule has 0 bridgehead atoms. The quantitative estimate of drug-likeness (QED) is 0.617. The Morgan fingerprint density at radius 1 is 1.21 bits per heavy atom. The van der Waals surface area contributed by atoms with Gasteiger partial charge in [-0.3, -0.25) is 9.59 Å². The number of nitrogens with one attached hydrogen (secondary N) is 2. The summed E-state index contributed by atoms with van der Waals surface area (Å²) in [5.74, 6) is -0.353. The predicted molar refractivity (Wildman–Crippen MR) is 58.4 cm³/mol. The van der Waals surface area contributed by atoms with Crippen LogP contribution >= 0.6 is 15.9 Å². The van der Waals surface area contributed by atoms with Gasteiger partial charge in [-0.05, 0) is 14.1 Å². The van der Waals surface area contributed by atoms with E-state index in [9.17, 15) is 9.59 Å². The second-order valence-electron chi connectivity index (χ2n) is 3.06. The minimum Gasteiger partial charge on any atom is -0.353 e. The Morgan fingerprint density at radius 3 is 2.36 bits per heavy atom. The van der Waals surface area contributed by atoms with E-state index in [1.807, 2.05) is 19.0 Å². The predicted octanol–water partition coefficient (Wildman–Crippen LogP) is -0.825. The van der Waals surface area contributed by atoms with E-state index in [1.165, 1.54) is 0 Å². The molecule has 14 heavy (non-hydrogen) atoms. The summed E-state index contributed by atoms with van der Waals surface area (Å²) in [6, 6.07) is 0. The monoisotopic (exact) mass is 265 g/mol. The lowest BCUT2D eigenvalue weighted by molar-refractivity contribution is -0.124. The number of nitrogens with zero attached hydrogens (tertiary/aromatic N) is 1. The molecule has 0 atom stereocenters. The summed E-state index contributed by atoms with van der Waals surface area (Å²) < 4.78 is 0. The first-order valence-corrected chi connectivity index (χ1v) is 5.42. The molecule has 6 heteroatoms. The van der Waals surface area contributed by atoms with Gasteiger partial charge in [-0.15, -0.1) is 0 Å². The summed E-state index contributed by atoms with van der Waals surface area (Å²) in [6.07, 6.45) is 0. The number of alkyl halides is 1. The fourth-order valence-electron chi connectivity index (χ4n) is 0.708. The van der Waals surface area contributed by atoms with E-state index in [-0.39, 0.29) is 23.7 Å². The number of halogens is 1. The van der Waals surface area contributed by atoms with Crippen LogP contribution in [0.3, 0.4) is 0 Å². The molecule has 0 aromatic rings. The van der Waals surface area contributed by atoms with Gasteiger partial charge in [0.2, 0.25) is 11.8 Å². The highest BCUT2D eigenvalue weighted by Gasteiger charge is 2.02. The first-order chi connectivity index (χ1) is 6.56. The minimum absolute atomic E-state index is 0.0395. The Morgan fingerprint density at radius 2 is 1.86 bits per heavy atom. The molecular formula is C8H16BrN3O2. The van der Waals surface area contributed by atoms with E-state index in [0.29, 0.717) is 6.54 Å². The SMILES string of the molecule is CN(C)CCNC(=O)CNC(=O)CBr. The molecule has 0 unspecified atom stereocenters. The van der Waals surface area contributed by atoms with Crippen LogP contribution in [0.1, 0.15) is 0 Å². The highest BCUT2D eigenvalue weighted by atomic mass is 79.9. The van der Waals surface area contributed by atoms with Gasteiger partial charge in [0.05, 0.1) is 11.9 Å². The Bertz CT molecular complexity index is 197. The highest BCUT2D eigenvalue weighted by molar-refractivity contribution is 9.09. The van der Waals surface area contributed by atoms with Crippen molar-refractivity contribution in [2.75, 3.05) is 39.1 Å². The first kappa shape index (κ1) is 13.4. The number of rotatable bonds is 6. The van der Waals surface area contributed by atoms with Crippen LogP contribution in [0.2, 0.25) is 0 Å². The molecule has 0 aliphatic carbocycles. The van der Waals surface area contributed by atoms with Crippen LogP contribution in [0, 0.1) is 0 Å². The van der Waals surface area contributed by atoms with Crippen molar-refractivity contribution in [1.29, 1.82) is 0 Å². The van der Waals surface area contributed by atoms with Gasteiger partial charge in [-0.1, -0.05) is 15.9 Å². The van der Waals surface area contributed by atoms with Crippen molar-refractivity contribution in [3.8, 4) is 0 Å². The second kappa shape index (κ2) is 7.75. The minimum atomic E-state index is -0.187. The third kappa shape index (κ3) is 8.00. The van der Waals surface area contributed by atoms with Gasteiger partial charge in [-0.25, -0.2) is 0 Å². The number of amides is 2. The average molecular weight is 266 g/mol. The van der Waals surface area contributed by atoms with Crippen LogP contribution in [0.5, 0.6) is 0 Å². The third-order valence-electron chi connectivity index (χ3n) is 1.45. The zero-order chi connectivity index (χ0) is 11.0. The van der Waals surface area contributed by atoms with Gasteiger partial charge in [0.25, 0.3) is 0 Å². The van der Waals surface area contributed by atoms with Crippen molar-refractivity contribution in [1.82, 2.24) is 15.5 Å². The first-order valence-electron chi connectivity index (χ1n) is 4.30. The fourth-order valence-corrected chi connectivity index (χ4v) is 0.906. The summed E-state index contributed by atoms with van der Waals surface area (Å²) in [7, 11) is 3.86. The molecule has 2 N–H and O–H groups in total. The van der Waals surface area contributed by atoms with E-state index >= 15 is 0 Å². The van der Waals surface area contributed by atoms with Crippen molar-refractivity contribution in [2.45, 2.75) is 0 Å². The maximum absolute atomic E-state index is 11.1. The number of carbonyl (C=O) groups excluding carboxylic acids is 2. The molecule has 0 heterocycles. The third-order valence-corrected chi connectivity index (χ3v) is 1.96. The van der Waals surface area contributed by atoms with Gasteiger partial charge in [0.1, 0.15) is 0 Å². The smallest absolute Gasteiger partial charge is 0.239 e. The number of hydrogen-bond acceptors (Lipinski definition) is 3. The van der Waals surface area contributed by atoms with Crippen LogP contribution in [0.15, 0.2) is 0 Å². The Labute approximate surface area is 92.3 Å². The van der Waals surface area contributed by atoms with Crippen LogP contribution in [-0.4, -0.2) is 55.8 Å². The topological polar surface area (TPSA) is 61.4 Å². The number of carbonyl (C=O) groups is 2. The lowest BCUT2D eigenvalue weighted by Crippen LogP contribution is -2.39. The molecular weight excluding hydrogens is 250 g/mol. The molecule has 0 fully saturated rings. The second-order valence-corrected chi connectivity index (χ2v) is 3.62. The van der Waals surface area contributed by atoms with E-state index in [1.54, 1.807) is 0 Å². The Kier molecular flexibility index (Phi) is 7.41. The number of hydrogen-bond donors (Lipinski definition) is 2. The van der Waals surface area contributed by atoms with Gasteiger partial charge in [0.15, 0.2) is 0 Å². The Balaban J connectivity index is 3.42. The maximum atomic E-state index is 11.1. The zero-order valence-electron chi connectivity index (χ0n) is 8.47. The van der Waals surface area contributed by atoms with Gasteiger partial charge in [-0.2, -0.15) is 0 Å². The molecule has 0 spiro atoms. The normalized spacial score (nSPS) is 10.0. The summed E-state index contributed by atoms with van der Waals surface area (Å²) in [4.78, 5) is 23.8. The lowest BCUT2D eigenvalue weighted by atomic mass is 10.5. The maximum Gasteiger partial charge on any atom is 0.239 e. The Hall–Kier alpha value is -0.620. The molecule has 0 rings (SSSR count). The highest BCUT2D eigenvalue weighted by Crippen LogP contribution is 1.77. The van der Waals surface area contributed by atoms with Crippen LogP contribution in [-0.2, 0) is 9.59 Å². The molecule has 5 nitrogen and oxygen atoms in total. The zero-order valence-corrected chi connectivity index (χ0v) is 10.1. The van der Waals surface area contributed by atoms with Gasteiger partial charge < -0.3 is 15.5 Å². The van der Waals surface area contributed by atoms with Crippen molar-refractivity contribution < 1.29 is 9.59 Å². The summed E-state index contributed by atoms with van der Waals surface area (Å²) in [5.41, 5.74) is 0. The van der Waals surface area contributed by atoms with Gasteiger partial charge >= 0.3 is 0 Å². The van der Waals surface area contributed by atoms with Crippen LogP contribution in [0.25, 0.3) is 0 Å². The molecule has 0 aromatic heterocycles. The summed E-state index contributed by atoms with van der Waals surface area (Å²) in [6.45, 7) is 1.42. The molecule has 0 aliphatic rings.